The Morgan fingerprint density at radius 1 is 1.28 bits per heavy atom. The molecule has 0 amide bonds. The average Bonchev–Trinajstić information content (AvgIpc) is 3.22. The van der Waals surface area contributed by atoms with Gasteiger partial charge in [-0.25, -0.2) is 4.39 Å². The number of anilines is 2. The minimum atomic E-state index is -0.591. The van der Waals surface area contributed by atoms with Crippen molar-refractivity contribution in [2.24, 2.45) is 0 Å². The topological polar surface area (TPSA) is 82.9 Å². The highest BCUT2D eigenvalue weighted by molar-refractivity contribution is 5.99. The van der Waals surface area contributed by atoms with Gasteiger partial charge in [-0.2, -0.15) is 5.12 Å². The van der Waals surface area contributed by atoms with Gasteiger partial charge in [-0.3, -0.25) is 15.6 Å². The first-order valence-electron chi connectivity index (χ1n) is 8.03. The fourth-order valence-corrected chi connectivity index (χ4v) is 3.35. The number of aromatic nitrogens is 1. The summed E-state index contributed by atoms with van der Waals surface area (Å²) in [6.45, 7) is 4.83. The second kappa shape index (κ2) is 5.92. The van der Waals surface area contributed by atoms with E-state index in [2.05, 4.69) is 16.0 Å². The van der Waals surface area contributed by atoms with Gasteiger partial charge in [-0.05, 0) is 19.9 Å². The van der Waals surface area contributed by atoms with E-state index < -0.39 is 5.82 Å². The maximum atomic E-state index is 15.2. The maximum Gasteiger partial charge on any atom is 0.220 e. The zero-order valence-electron chi connectivity index (χ0n) is 13.8. The summed E-state index contributed by atoms with van der Waals surface area (Å²) in [7, 11) is 0. The number of nitrogens with zero attached hydrogens (tertiary/aromatic N) is 3. The van der Waals surface area contributed by atoms with Crippen LogP contribution in [0.1, 0.15) is 24.2 Å². The fraction of sp³-hybridized carbons (Fsp3) is 0.375. The van der Waals surface area contributed by atoms with Crippen LogP contribution in [0.25, 0.3) is 11.0 Å². The van der Waals surface area contributed by atoms with Gasteiger partial charge in [0, 0.05) is 31.1 Å². The number of ether oxygens (including phenoxy) is 1. The van der Waals surface area contributed by atoms with Gasteiger partial charge in [-0.1, -0.05) is 5.16 Å². The minimum Gasteiger partial charge on any atom is -0.372 e. The Kier molecular flexibility index (Phi) is 3.72. The average molecular weight is 347 g/mol. The van der Waals surface area contributed by atoms with Gasteiger partial charge in [0.2, 0.25) is 11.4 Å². The summed E-state index contributed by atoms with van der Waals surface area (Å²) in [4.78, 5) is 13.5. The van der Waals surface area contributed by atoms with Crippen molar-refractivity contribution in [2.75, 3.05) is 23.1 Å². The molecule has 1 fully saturated rings. The van der Waals surface area contributed by atoms with E-state index in [9.17, 15) is 4.79 Å². The van der Waals surface area contributed by atoms with E-state index >= 15 is 4.39 Å². The molecule has 1 aromatic heterocycles. The molecule has 8 nitrogen and oxygen atoms in total. The quantitative estimate of drug-likeness (QED) is 0.812. The third kappa shape index (κ3) is 2.56. The molecule has 3 heterocycles. The van der Waals surface area contributed by atoms with Gasteiger partial charge in [0.25, 0.3) is 0 Å². The summed E-state index contributed by atoms with van der Waals surface area (Å²) in [5.74, 6) is -0.246. The van der Waals surface area contributed by atoms with Gasteiger partial charge in [0.1, 0.15) is 0 Å². The number of nitrogens with one attached hydrogen (secondary N) is 2. The SMILES string of the molecule is C[C@@H]1CN(c2c(C=O)cc3c(N4NC=CN4)noc3c2F)C[C@H](C)O1. The number of hydrogen-bond acceptors (Lipinski definition) is 8. The van der Waals surface area contributed by atoms with Gasteiger partial charge in [-0.15, -0.1) is 0 Å². The van der Waals surface area contributed by atoms with Crippen LogP contribution >= 0.6 is 0 Å². The molecule has 4 rings (SSSR count). The molecule has 9 heteroatoms. The van der Waals surface area contributed by atoms with Crippen molar-refractivity contribution in [3.63, 3.8) is 0 Å². The zero-order chi connectivity index (χ0) is 17.6. The third-order valence-electron chi connectivity index (χ3n) is 4.25. The minimum absolute atomic E-state index is 0.0119. The highest BCUT2D eigenvalue weighted by atomic mass is 19.1. The lowest BCUT2D eigenvalue weighted by Gasteiger charge is -2.37. The summed E-state index contributed by atoms with van der Waals surface area (Å²) < 4.78 is 26.1. The molecule has 2 aromatic rings. The predicted molar refractivity (Wildman–Crippen MR) is 89.5 cm³/mol. The van der Waals surface area contributed by atoms with Gasteiger partial charge >= 0.3 is 0 Å². The molecule has 2 aliphatic rings. The van der Waals surface area contributed by atoms with Crippen LogP contribution in [0.15, 0.2) is 23.0 Å². The first kappa shape index (κ1) is 15.7. The number of morpholine rings is 1. The predicted octanol–water partition coefficient (Wildman–Crippen LogP) is 1.69. The highest BCUT2D eigenvalue weighted by Gasteiger charge is 2.30. The van der Waals surface area contributed by atoms with Crippen LogP contribution < -0.4 is 20.9 Å². The van der Waals surface area contributed by atoms with Crippen molar-refractivity contribution in [1.82, 2.24) is 16.0 Å². The van der Waals surface area contributed by atoms with Gasteiger partial charge < -0.3 is 14.2 Å². The lowest BCUT2D eigenvalue weighted by Crippen LogP contribution is -2.46. The fourth-order valence-electron chi connectivity index (χ4n) is 3.35. The second-order valence-electron chi connectivity index (χ2n) is 6.22. The molecule has 2 atom stereocenters. The van der Waals surface area contributed by atoms with Crippen LogP contribution in [0.4, 0.5) is 15.9 Å². The van der Waals surface area contributed by atoms with Crippen LogP contribution in [0.2, 0.25) is 0 Å². The Bertz CT molecular complexity index is 834. The summed E-state index contributed by atoms with van der Waals surface area (Å²) in [5.41, 5.74) is 6.25. The Labute approximate surface area is 143 Å². The second-order valence-corrected chi connectivity index (χ2v) is 6.22. The van der Waals surface area contributed by atoms with Crippen molar-refractivity contribution in [1.29, 1.82) is 0 Å². The van der Waals surface area contributed by atoms with Crippen LogP contribution in [0.5, 0.6) is 0 Å². The molecule has 132 valence electrons. The molecule has 1 aromatic carbocycles. The van der Waals surface area contributed by atoms with E-state index in [1.165, 1.54) is 5.12 Å². The first-order valence-corrected chi connectivity index (χ1v) is 8.03. The Morgan fingerprint density at radius 3 is 2.60 bits per heavy atom. The lowest BCUT2D eigenvalue weighted by molar-refractivity contribution is -0.00543. The molecule has 0 radical (unpaired) electrons. The van der Waals surface area contributed by atoms with Crippen LogP contribution in [0.3, 0.4) is 0 Å². The van der Waals surface area contributed by atoms with Crippen molar-refractivity contribution >= 4 is 28.8 Å². The summed E-state index contributed by atoms with van der Waals surface area (Å²) in [6.07, 6.45) is 3.84. The van der Waals surface area contributed by atoms with Crippen molar-refractivity contribution in [3.05, 3.63) is 29.8 Å². The van der Waals surface area contributed by atoms with Gasteiger partial charge in [0.05, 0.1) is 23.3 Å². The molecule has 25 heavy (non-hydrogen) atoms. The van der Waals surface area contributed by atoms with E-state index in [-0.39, 0.29) is 29.0 Å². The Morgan fingerprint density at radius 2 is 1.96 bits per heavy atom. The molecule has 1 saturated heterocycles. The molecule has 0 spiro atoms. The number of benzene rings is 1. The molecule has 0 bridgehead atoms. The van der Waals surface area contributed by atoms with Crippen LogP contribution in [-0.4, -0.2) is 36.7 Å². The molecule has 2 aliphatic heterocycles. The number of hydrazine groups is 2. The maximum absolute atomic E-state index is 15.2. The largest absolute Gasteiger partial charge is 0.372 e. The Hall–Kier alpha value is -2.81. The van der Waals surface area contributed by atoms with E-state index in [0.717, 1.165) is 0 Å². The molecule has 0 saturated carbocycles. The normalized spacial score (nSPS) is 23.0. The molecular formula is C16H18FN5O3. The number of aldehydes is 1. The van der Waals surface area contributed by atoms with Crippen LogP contribution in [-0.2, 0) is 4.74 Å². The monoisotopic (exact) mass is 347 g/mol. The standard InChI is InChI=1S/C16H18FN5O3/c1-9-6-21(7-10(2)24-9)14-11(8-23)5-12-15(13(14)17)25-20-16(12)22-18-3-4-19-22/h3-5,8-10,18-19H,6-7H2,1-2H3/t9-,10+. The van der Waals surface area contributed by atoms with E-state index in [4.69, 9.17) is 9.26 Å². The number of fused-ring (bicyclic) bond motifs is 1. The van der Waals surface area contributed by atoms with E-state index in [1.807, 2.05) is 18.7 Å². The smallest absolute Gasteiger partial charge is 0.220 e. The molecule has 2 N–H and O–H groups in total. The van der Waals surface area contributed by atoms with Crippen molar-refractivity contribution in [3.8, 4) is 0 Å². The number of carbonyl (C=O) groups is 1. The molecule has 0 unspecified atom stereocenters. The first-order chi connectivity index (χ1) is 12.1. The summed E-state index contributed by atoms with van der Waals surface area (Å²) >= 11 is 0. The molecular weight excluding hydrogens is 329 g/mol. The lowest BCUT2D eigenvalue weighted by atomic mass is 10.1. The summed E-state index contributed by atoms with van der Waals surface area (Å²) in [6, 6.07) is 1.60. The van der Waals surface area contributed by atoms with Crippen molar-refractivity contribution < 1.29 is 18.4 Å². The van der Waals surface area contributed by atoms with Crippen LogP contribution in [0, 0.1) is 5.82 Å². The van der Waals surface area contributed by atoms with E-state index in [1.54, 1.807) is 18.5 Å². The third-order valence-corrected chi connectivity index (χ3v) is 4.25. The van der Waals surface area contributed by atoms with Gasteiger partial charge in [0.15, 0.2) is 12.1 Å². The van der Waals surface area contributed by atoms with E-state index in [0.29, 0.717) is 30.6 Å². The number of hydrogen-bond donors (Lipinski definition) is 2. The highest BCUT2D eigenvalue weighted by Crippen LogP contribution is 2.36. The van der Waals surface area contributed by atoms with Crippen molar-refractivity contribution in [2.45, 2.75) is 26.1 Å². The summed E-state index contributed by atoms with van der Waals surface area (Å²) in [5, 5.41) is 5.79. The zero-order valence-corrected chi connectivity index (χ0v) is 13.8. The number of rotatable bonds is 3. The molecule has 0 aliphatic carbocycles. The number of carbonyl (C=O) groups excluding carboxylic acids is 1. The Balaban J connectivity index is 1.82. The number of halogens is 1.